The maximum atomic E-state index is 12.4. The zero-order valence-electron chi connectivity index (χ0n) is 10.8. The second kappa shape index (κ2) is 5.76. The molecule has 0 aromatic heterocycles. The summed E-state index contributed by atoms with van der Waals surface area (Å²) in [5.41, 5.74) is 1.37. The Morgan fingerprint density at radius 1 is 1.00 bits per heavy atom. The number of imide groups is 1. The van der Waals surface area contributed by atoms with Crippen LogP contribution >= 0.6 is 23.4 Å². The van der Waals surface area contributed by atoms with E-state index in [0.717, 1.165) is 22.2 Å². The van der Waals surface area contributed by atoms with Gasteiger partial charge in [-0.1, -0.05) is 48.0 Å². The molecule has 3 nitrogen and oxygen atoms in total. The maximum absolute atomic E-state index is 12.4. The zero-order chi connectivity index (χ0) is 14.8. The monoisotopic (exact) mass is 315 g/mol. The van der Waals surface area contributed by atoms with E-state index in [-0.39, 0.29) is 11.1 Å². The van der Waals surface area contributed by atoms with Crippen LogP contribution in [0.4, 0.5) is 10.5 Å². The molecule has 0 bridgehead atoms. The number of hydrogen-bond donors (Lipinski definition) is 0. The standard InChI is InChI=1S/C16H10ClNO2S/c17-12-7-4-8-13(10-12)18-15(19)14(21-16(18)20)9-11-5-2-1-3-6-11/h1-10H/b14-9+. The summed E-state index contributed by atoms with van der Waals surface area (Å²) >= 11 is 6.85. The maximum Gasteiger partial charge on any atom is 0.298 e. The Morgan fingerprint density at radius 2 is 1.76 bits per heavy atom. The lowest BCUT2D eigenvalue weighted by molar-refractivity contribution is -0.113. The molecule has 1 heterocycles. The third-order valence-corrected chi connectivity index (χ3v) is 4.06. The van der Waals surface area contributed by atoms with Gasteiger partial charge in [0.1, 0.15) is 0 Å². The molecular formula is C16H10ClNO2S. The molecule has 0 spiro atoms. The van der Waals surface area contributed by atoms with E-state index in [4.69, 9.17) is 11.6 Å². The number of amides is 2. The summed E-state index contributed by atoms with van der Waals surface area (Å²) in [6.45, 7) is 0. The Hall–Kier alpha value is -2.04. The minimum atomic E-state index is -0.323. The van der Waals surface area contributed by atoms with Crippen molar-refractivity contribution in [3.63, 3.8) is 0 Å². The summed E-state index contributed by atoms with van der Waals surface area (Å²) in [5.74, 6) is -0.323. The molecule has 21 heavy (non-hydrogen) atoms. The van der Waals surface area contributed by atoms with Gasteiger partial charge in [-0.15, -0.1) is 0 Å². The number of halogens is 1. The molecule has 0 atom stereocenters. The van der Waals surface area contributed by atoms with Gasteiger partial charge in [-0.25, -0.2) is 4.90 Å². The second-order valence-corrected chi connectivity index (χ2v) is 5.84. The summed E-state index contributed by atoms with van der Waals surface area (Å²) in [7, 11) is 0. The largest absolute Gasteiger partial charge is 0.298 e. The molecule has 2 aromatic rings. The highest BCUT2D eigenvalue weighted by molar-refractivity contribution is 8.19. The number of rotatable bonds is 2. The van der Waals surface area contributed by atoms with Crippen molar-refractivity contribution in [2.75, 3.05) is 4.90 Å². The molecule has 0 N–H and O–H groups in total. The first kappa shape index (κ1) is 13.9. The Bertz CT molecular complexity index is 743. The number of thioether (sulfide) groups is 1. The molecule has 3 rings (SSSR count). The van der Waals surface area contributed by atoms with E-state index in [0.29, 0.717) is 15.6 Å². The molecule has 1 aliphatic heterocycles. The number of carbonyl (C=O) groups is 2. The van der Waals surface area contributed by atoms with Gasteiger partial charge in [0.05, 0.1) is 10.6 Å². The van der Waals surface area contributed by atoms with Crippen LogP contribution < -0.4 is 4.90 Å². The first-order chi connectivity index (χ1) is 10.1. The van der Waals surface area contributed by atoms with Gasteiger partial charge in [0.25, 0.3) is 11.1 Å². The predicted octanol–water partition coefficient (Wildman–Crippen LogP) is 4.58. The van der Waals surface area contributed by atoms with Gasteiger partial charge in [-0.3, -0.25) is 9.59 Å². The average molecular weight is 316 g/mol. The third-order valence-electron chi connectivity index (χ3n) is 2.96. The topological polar surface area (TPSA) is 37.4 Å². The summed E-state index contributed by atoms with van der Waals surface area (Å²) in [6.07, 6.45) is 1.72. The highest BCUT2D eigenvalue weighted by Crippen LogP contribution is 2.36. The van der Waals surface area contributed by atoms with Gasteiger partial charge in [0, 0.05) is 5.02 Å². The summed E-state index contributed by atoms with van der Waals surface area (Å²) in [5, 5.41) is 0.169. The van der Waals surface area contributed by atoms with Gasteiger partial charge >= 0.3 is 0 Å². The number of anilines is 1. The smallest absolute Gasteiger partial charge is 0.268 e. The van der Waals surface area contributed by atoms with Gasteiger partial charge in [-0.05, 0) is 41.6 Å². The number of hydrogen-bond acceptors (Lipinski definition) is 3. The van der Waals surface area contributed by atoms with Crippen molar-refractivity contribution in [1.82, 2.24) is 0 Å². The first-order valence-corrected chi connectivity index (χ1v) is 7.43. The van der Waals surface area contributed by atoms with Crippen LogP contribution in [0.15, 0.2) is 59.5 Å². The average Bonchev–Trinajstić information content (AvgIpc) is 2.74. The van der Waals surface area contributed by atoms with Crippen molar-refractivity contribution in [3.05, 3.63) is 70.1 Å². The molecule has 2 amide bonds. The predicted molar refractivity (Wildman–Crippen MR) is 86.3 cm³/mol. The zero-order valence-corrected chi connectivity index (χ0v) is 12.4. The third kappa shape index (κ3) is 2.86. The highest BCUT2D eigenvalue weighted by atomic mass is 35.5. The lowest BCUT2D eigenvalue weighted by atomic mass is 10.2. The van der Waals surface area contributed by atoms with Crippen LogP contribution in [0.1, 0.15) is 5.56 Å². The van der Waals surface area contributed by atoms with Crippen LogP contribution in [0, 0.1) is 0 Å². The quantitative estimate of drug-likeness (QED) is 0.761. The van der Waals surface area contributed by atoms with E-state index in [1.54, 1.807) is 30.3 Å². The number of nitrogens with zero attached hydrogens (tertiary/aromatic N) is 1. The normalized spacial score (nSPS) is 16.8. The summed E-state index contributed by atoms with van der Waals surface area (Å²) < 4.78 is 0. The van der Waals surface area contributed by atoms with Crippen LogP contribution in [0.25, 0.3) is 6.08 Å². The van der Waals surface area contributed by atoms with Crippen molar-refractivity contribution in [1.29, 1.82) is 0 Å². The fourth-order valence-electron chi connectivity index (χ4n) is 2.01. The SMILES string of the molecule is O=C1S/C(=C/c2ccccc2)C(=O)N1c1cccc(Cl)c1. The van der Waals surface area contributed by atoms with E-state index in [2.05, 4.69) is 0 Å². The Morgan fingerprint density at radius 3 is 2.48 bits per heavy atom. The number of benzene rings is 2. The minimum Gasteiger partial charge on any atom is -0.268 e. The fourth-order valence-corrected chi connectivity index (χ4v) is 3.03. The molecule has 1 saturated heterocycles. The molecular weight excluding hydrogens is 306 g/mol. The van der Waals surface area contributed by atoms with Gasteiger partial charge < -0.3 is 0 Å². The lowest BCUT2D eigenvalue weighted by Crippen LogP contribution is -2.27. The molecule has 0 aliphatic carbocycles. The van der Waals surface area contributed by atoms with E-state index in [1.165, 1.54) is 0 Å². The first-order valence-electron chi connectivity index (χ1n) is 6.24. The molecule has 5 heteroatoms. The van der Waals surface area contributed by atoms with Gasteiger partial charge in [0.2, 0.25) is 0 Å². The van der Waals surface area contributed by atoms with Crippen LogP contribution in [0.2, 0.25) is 5.02 Å². The van der Waals surface area contributed by atoms with Crippen molar-refractivity contribution in [2.24, 2.45) is 0 Å². The van der Waals surface area contributed by atoms with Crippen LogP contribution in [-0.4, -0.2) is 11.1 Å². The molecule has 104 valence electrons. The van der Waals surface area contributed by atoms with Crippen LogP contribution in [0.3, 0.4) is 0 Å². The Labute approximate surface area is 131 Å². The number of carbonyl (C=O) groups excluding carboxylic acids is 2. The molecule has 2 aromatic carbocycles. The van der Waals surface area contributed by atoms with Crippen molar-refractivity contribution in [2.45, 2.75) is 0 Å². The molecule has 0 radical (unpaired) electrons. The highest BCUT2D eigenvalue weighted by Gasteiger charge is 2.36. The van der Waals surface area contributed by atoms with Crippen LogP contribution in [0.5, 0.6) is 0 Å². The second-order valence-electron chi connectivity index (χ2n) is 4.41. The van der Waals surface area contributed by atoms with Crippen molar-refractivity contribution < 1.29 is 9.59 Å². The van der Waals surface area contributed by atoms with E-state index < -0.39 is 0 Å². The minimum absolute atomic E-state index is 0.315. The van der Waals surface area contributed by atoms with Gasteiger partial charge in [0.15, 0.2) is 0 Å². The van der Waals surface area contributed by atoms with E-state index in [9.17, 15) is 9.59 Å². The summed E-state index contributed by atoms with van der Waals surface area (Å²) in [6, 6.07) is 16.1. The van der Waals surface area contributed by atoms with E-state index >= 15 is 0 Å². The molecule has 0 unspecified atom stereocenters. The van der Waals surface area contributed by atoms with Crippen molar-refractivity contribution in [3.8, 4) is 0 Å². The Kier molecular flexibility index (Phi) is 3.82. The lowest BCUT2D eigenvalue weighted by Gasteiger charge is -2.12. The molecule has 0 saturated carbocycles. The summed E-state index contributed by atoms with van der Waals surface area (Å²) in [4.78, 5) is 26.0. The van der Waals surface area contributed by atoms with Crippen molar-refractivity contribution >= 4 is 46.3 Å². The van der Waals surface area contributed by atoms with E-state index in [1.807, 2.05) is 30.3 Å². The Balaban J connectivity index is 1.94. The fraction of sp³-hybridized carbons (Fsp3) is 0. The molecule has 1 aliphatic rings. The van der Waals surface area contributed by atoms with Crippen LogP contribution in [-0.2, 0) is 4.79 Å². The van der Waals surface area contributed by atoms with Gasteiger partial charge in [-0.2, -0.15) is 0 Å². The molecule has 1 fully saturated rings.